The minimum Gasteiger partial charge on any atom is -0.487 e. The van der Waals surface area contributed by atoms with E-state index in [0.29, 0.717) is 12.3 Å². The number of fused-ring (bicyclic) bond motifs is 1. The lowest BCUT2D eigenvalue weighted by Gasteiger charge is -2.37. The van der Waals surface area contributed by atoms with Crippen molar-refractivity contribution in [2.75, 3.05) is 6.61 Å². The molecule has 1 saturated heterocycles. The van der Waals surface area contributed by atoms with Gasteiger partial charge in [0.25, 0.3) is 0 Å². The van der Waals surface area contributed by atoms with Gasteiger partial charge < -0.3 is 29.7 Å². The third-order valence-corrected chi connectivity index (χ3v) is 11.0. The van der Waals surface area contributed by atoms with Crippen LogP contribution < -0.4 is 15.0 Å². The molecule has 3 aliphatic rings. The summed E-state index contributed by atoms with van der Waals surface area (Å²) in [6.07, 6.45) is 9.06. The maximum atomic E-state index is 15.0. The van der Waals surface area contributed by atoms with Gasteiger partial charge in [-0.15, -0.1) is 0 Å². The lowest BCUT2D eigenvalue weighted by Crippen LogP contribution is -2.47. The van der Waals surface area contributed by atoms with Gasteiger partial charge in [0.2, 0.25) is 6.23 Å². The Balaban J connectivity index is 1.24. The molecule has 10 nitrogen and oxygen atoms in total. The summed E-state index contributed by atoms with van der Waals surface area (Å²) in [6.45, 7) is 16.1. The van der Waals surface area contributed by atoms with E-state index >= 15 is 0 Å². The number of hydrogen-bond donors (Lipinski definition) is 3. The number of ether oxygens (including phenoxy) is 2. The minimum absolute atomic E-state index is 0.0724. The van der Waals surface area contributed by atoms with Gasteiger partial charge in [-0.25, -0.2) is 9.56 Å². The average molecular weight is 726 g/mol. The first-order chi connectivity index (χ1) is 23.4. The number of rotatable bonds is 18. The molecule has 0 aliphatic carbocycles. The van der Waals surface area contributed by atoms with Crippen molar-refractivity contribution in [3.05, 3.63) is 47.9 Å². The van der Waals surface area contributed by atoms with Crippen LogP contribution in [0.1, 0.15) is 110 Å². The van der Waals surface area contributed by atoms with E-state index in [2.05, 4.69) is 46.2 Å². The Morgan fingerprint density at radius 2 is 1.76 bits per heavy atom. The zero-order valence-electron chi connectivity index (χ0n) is 30.6. The fourth-order valence-electron chi connectivity index (χ4n) is 7.00. The fraction of sp³-hybridized carbons (Fsp3) is 0.703. The highest BCUT2D eigenvalue weighted by Gasteiger charge is 2.61. The lowest BCUT2D eigenvalue weighted by atomic mass is 9.85. The predicted octanol–water partition coefficient (Wildman–Crippen LogP) is 8.39. The summed E-state index contributed by atoms with van der Waals surface area (Å²) in [5, 5.41) is 10.3. The summed E-state index contributed by atoms with van der Waals surface area (Å²) in [6, 6.07) is 3.24. The second kappa shape index (κ2) is 16.9. The summed E-state index contributed by atoms with van der Waals surface area (Å²) in [7, 11) is -4.80. The highest BCUT2D eigenvalue weighted by Crippen LogP contribution is 2.48. The van der Waals surface area contributed by atoms with Crippen LogP contribution >= 0.6 is 7.82 Å². The molecule has 282 valence electrons. The van der Waals surface area contributed by atoms with Crippen molar-refractivity contribution < 1.29 is 41.9 Å². The first-order valence-corrected chi connectivity index (χ1v) is 19.6. The molecule has 7 atom stereocenters. The molecule has 0 amide bonds. The molecule has 13 heteroatoms. The first kappa shape index (κ1) is 40.3. The number of amidine groups is 1. The number of aliphatic hydroxyl groups excluding tert-OH is 1. The van der Waals surface area contributed by atoms with E-state index in [0.717, 1.165) is 52.9 Å². The molecule has 3 heterocycles. The number of phosphoric acid groups is 1. The van der Waals surface area contributed by atoms with E-state index in [1.807, 2.05) is 6.92 Å². The lowest BCUT2D eigenvalue weighted by molar-refractivity contribution is -0.148. The molecule has 3 aliphatic heterocycles. The fourth-order valence-corrected chi connectivity index (χ4v) is 7.76. The van der Waals surface area contributed by atoms with Crippen molar-refractivity contribution in [1.29, 1.82) is 0 Å². The number of aryl methyl sites for hydroxylation is 2. The van der Waals surface area contributed by atoms with Crippen LogP contribution in [-0.2, 0) is 20.2 Å². The monoisotopic (exact) mass is 725 g/mol. The van der Waals surface area contributed by atoms with Gasteiger partial charge in [0.1, 0.15) is 34.9 Å². The largest absolute Gasteiger partial charge is 0.527 e. The SMILES string of the molecule is C=C1N=C(N)C=CN1[C@@H]1O[C@H](COP(=O)(O)Oc2cc(C)c3c(c2)CCC(C)(CCCC(C)CCCC(C)CCCC(C)C)O3)[C@H](O)C1(F)F. The quantitative estimate of drug-likeness (QED) is 0.128. The average Bonchev–Trinajstić information content (AvgIpc) is 3.23. The Hall–Kier alpha value is -2.50. The third kappa shape index (κ3) is 10.8. The standard InChI is InChI=1S/C37H58F2N3O7P/c1-24(2)11-8-12-25(3)13-9-14-26(4)15-10-18-36(7)19-16-29-22-30(21-27(5)33(29)48-36)49-50(44,45)46-23-31-34(43)37(38,39)35(47-31)42-20-17-32(40)41-28(42)6/h17,20-22,24-26,31,34-35,43H,6,8-16,18-19,23H2,1-5,7H3,(H2,40,41)(H,44,45)/t25?,26?,31-,34+,35-,36?/m1/s1. The van der Waals surface area contributed by atoms with Crippen molar-refractivity contribution >= 4 is 13.7 Å². The Kier molecular flexibility index (Phi) is 13.6. The van der Waals surface area contributed by atoms with Gasteiger partial charge in [0.15, 0.2) is 6.10 Å². The van der Waals surface area contributed by atoms with E-state index in [1.165, 1.54) is 57.2 Å². The molecule has 0 radical (unpaired) electrons. The minimum atomic E-state index is -4.80. The molecule has 0 spiro atoms. The molecule has 4 rings (SSSR count). The molecular weight excluding hydrogens is 667 g/mol. The number of halogens is 2. The highest BCUT2D eigenvalue weighted by atomic mass is 31.2. The van der Waals surface area contributed by atoms with E-state index in [-0.39, 0.29) is 23.0 Å². The Labute approximate surface area is 296 Å². The van der Waals surface area contributed by atoms with Gasteiger partial charge in [-0.1, -0.05) is 79.2 Å². The molecule has 50 heavy (non-hydrogen) atoms. The molecule has 0 bridgehead atoms. The van der Waals surface area contributed by atoms with Gasteiger partial charge in [-0.3, -0.25) is 9.42 Å². The number of nitrogens with zero attached hydrogens (tertiary/aromatic N) is 2. The molecule has 4 N–H and O–H groups in total. The normalized spacial score (nSPS) is 27.0. The maximum Gasteiger partial charge on any atom is 0.527 e. The van der Waals surface area contributed by atoms with Crippen LogP contribution in [0.2, 0.25) is 0 Å². The highest BCUT2D eigenvalue weighted by molar-refractivity contribution is 7.47. The summed E-state index contributed by atoms with van der Waals surface area (Å²) >= 11 is 0. The molecule has 0 saturated carbocycles. The van der Waals surface area contributed by atoms with Crippen LogP contribution in [-0.4, -0.2) is 57.3 Å². The number of benzene rings is 1. The number of hydrogen-bond acceptors (Lipinski definition) is 9. The van der Waals surface area contributed by atoms with Crippen molar-refractivity contribution in [3.63, 3.8) is 0 Å². The van der Waals surface area contributed by atoms with E-state index in [4.69, 9.17) is 24.3 Å². The molecule has 1 aromatic rings. The predicted molar refractivity (Wildman–Crippen MR) is 191 cm³/mol. The Morgan fingerprint density at radius 1 is 1.12 bits per heavy atom. The van der Waals surface area contributed by atoms with Crippen molar-refractivity contribution in [2.45, 2.75) is 142 Å². The van der Waals surface area contributed by atoms with E-state index < -0.39 is 38.8 Å². The number of aliphatic hydroxyl groups is 1. The summed E-state index contributed by atoms with van der Waals surface area (Å²) in [5.74, 6) is -0.724. The van der Waals surface area contributed by atoms with Gasteiger partial charge >= 0.3 is 13.7 Å². The number of nitrogens with two attached hydrogens (primary N) is 1. The number of phosphoric ester groups is 1. The van der Waals surface area contributed by atoms with Gasteiger partial charge in [0, 0.05) is 6.20 Å². The second-order valence-electron chi connectivity index (χ2n) is 15.3. The second-order valence-corrected chi connectivity index (χ2v) is 16.7. The van der Waals surface area contributed by atoms with Gasteiger partial charge in [-0.2, -0.15) is 8.78 Å². The van der Waals surface area contributed by atoms with Crippen LogP contribution in [0.15, 0.2) is 41.8 Å². The van der Waals surface area contributed by atoms with Gasteiger partial charge in [-0.05, 0) is 86.6 Å². The van der Waals surface area contributed by atoms with Crippen LogP contribution in [0.25, 0.3) is 0 Å². The summed E-state index contributed by atoms with van der Waals surface area (Å²) in [4.78, 5) is 15.2. The summed E-state index contributed by atoms with van der Waals surface area (Å²) < 4.78 is 65.0. The Morgan fingerprint density at radius 3 is 2.40 bits per heavy atom. The molecule has 1 fully saturated rings. The van der Waals surface area contributed by atoms with Crippen molar-refractivity contribution in [3.8, 4) is 11.5 Å². The third-order valence-electron chi connectivity index (χ3n) is 10.1. The Bertz CT molecular complexity index is 1440. The molecule has 1 aromatic carbocycles. The van der Waals surface area contributed by atoms with E-state index in [1.54, 1.807) is 12.1 Å². The van der Waals surface area contributed by atoms with Crippen LogP contribution in [0, 0.1) is 24.7 Å². The van der Waals surface area contributed by atoms with Crippen molar-refractivity contribution in [1.82, 2.24) is 4.90 Å². The first-order valence-electron chi connectivity index (χ1n) is 18.1. The smallest absolute Gasteiger partial charge is 0.487 e. The van der Waals surface area contributed by atoms with Crippen LogP contribution in [0.4, 0.5) is 8.78 Å². The number of aliphatic imine (C=N–C) groups is 1. The van der Waals surface area contributed by atoms with Gasteiger partial charge in [0.05, 0.1) is 6.61 Å². The molecular formula is C37H58F2N3O7P. The topological polar surface area (TPSA) is 136 Å². The maximum absolute atomic E-state index is 15.0. The molecule has 4 unspecified atom stereocenters. The van der Waals surface area contributed by atoms with Crippen LogP contribution in [0.3, 0.4) is 0 Å². The summed E-state index contributed by atoms with van der Waals surface area (Å²) in [5.41, 5.74) is 6.87. The zero-order chi connectivity index (χ0) is 36.9. The van der Waals surface area contributed by atoms with Crippen molar-refractivity contribution in [2.24, 2.45) is 28.5 Å². The zero-order valence-corrected chi connectivity index (χ0v) is 31.5. The molecule has 0 aromatic heterocycles. The van der Waals surface area contributed by atoms with Crippen LogP contribution in [0.5, 0.6) is 11.5 Å². The number of alkyl halides is 2. The van der Waals surface area contributed by atoms with E-state index in [9.17, 15) is 23.3 Å².